The second-order valence-electron chi connectivity index (χ2n) is 31.1. The molecule has 428 valence electrons. The predicted octanol–water partition coefficient (Wildman–Crippen LogP) is 20.3. The molecule has 2 aliphatic heterocycles. The van der Waals surface area contributed by atoms with E-state index >= 15 is 0 Å². The van der Waals surface area contributed by atoms with Gasteiger partial charge in [-0.25, -0.2) is 0 Å². The van der Waals surface area contributed by atoms with E-state index in [1.807, 2.05) is 0 Å². The molecule has 4 aliphatic rings. The first kappa shape index (κ1) is 55.1. The average molecular weight is 1110 g/mol. The van der Waals surface area contributed by atoms with Crippen LogP contribution in [0, 0.1) is 6.92 Å². The summed E-state index contributed by atoms with van der Waals surface area (Å²) in [6.07, 6.45) is 1.07. The van der Waals surface area contributed by atoms with Crippen LogP contribution >= 0.6 is 0 Å². The van der Waals surface area contributed by atoms with Crippen molar-refractivity contribution in [1.29, 1.82) is 0 Å². The highest BCUT2D eigenvalue weighted by Crippen LogP contribution is 2.57. The quantitative estimate of drug-likeness (QED) is 0.160. The Morgan fingerprint density at radius 3 is 1.46 bits per heavy atom. The fourth-order valence-corrected chi connectivity index (χ4v) is 16.0. The molecule has 0 atom stereocenters. The molecule has 14 rings (SSSR count). The van der Waals surface area contributed by atoms with Crippen molar-refractivity contribution in [3.63, 3.8) is 0 Å². The molecule has 0 N–H and O–H groups in total. The molecule has 0 saturated heterocycles. The molecule has 2 aliphatic carbocycles. The minimum atomic E-state index is -0.268. The van der Waals surface area contributed by atoms with Crippen LogP contribution in [-0.2, 0) is 37.9 Å². The lowest BCUT2D eigenvalue weighted by molar-refractivity contribution is 0.403. The Labute approximate surface area is 507 Å². The molecule has 10 aromatic rings. The molecule has 0 spiro atoms. The van der Waals surface area contributed by atoms with Crippen LogP contribution in [0.5, 0.6) is 0 Å². The van der Waals surface area contributed by atoms with Crippen LogP contribution in [0.1, 0.15) is 180 Å². The lowest BCUT2D eigenvalue weighted by Crippen LogP contribution is -2.62. The molecule has 4 nitrogen and oxygen atoms in total. The summed E-state index contributed by atoms with van der Waals surface area (Å²) in [6.45, 7) is 42.9. The van der Waals surface area contributed by atoms with E-state index in [4.69, 9.17) is 4.42 Å². The Morgan fingerprint density at radius 1 is 0.400 bits per heavy atom. The Hall–Kier alpha value is -7.76. The summed E-state index contributed by atoms with van der Waals surface area (Å²) in [5.74, 6) is 0. The number of aryl methyl sites for hydroxylation is 1. The second-order valence-corrected chi connectivity index (χ2v) is 31.1. The first-order chi connectivity index (χ1) is 39.9. The molecule has 1 aromatic heterocycles. The highest BCUT2D eigenvalue weighted by atomic mass is 16.3. The van der Waals surface area contributed by atoms with Gasteiger partial charge in [0.25, 0.3) is 6.71 Å². The Bertz CT molecular complexity index is 4360. The van der Waals surface area contributed by atoms with E-state index in [0.29, 0.717) is 0 Å². The van der Waals surface area contributed by atoms with Crippen molar-refractivity contribution in [1.82, 2.24) is 0 Å². The molecule has 0 unspecified atom stereocenters. The van der Waals surface area contributed by atoms with E-state index in [0.717, 1.165) is 56.8 Å². The molecule has 5 heteroatoms. The maximum Gasteiger partial charge on any atom is 0.252 e. The van der Waals surface area contributed by atoms with Crippen molar-refractivity contribution in [3.05, 3.63) is 225 Å². The molecule has 0 amide bonds. The zero-order valence-electron chi connectivity index (χ0n) is 53.7. The van der Waals surface area contributed by atoms with Gasteiger partial charge in [-0.2, -0.15) is 0 Å². The molecule has 3 heterocycles. The van der Waals surface area contributed by atoms with E-state index < -0.39 is 0 Å². The highest BCUT2D eigenvalue weighted by Gasteiger charge is 2.50. The fourth-order valence-electron chi connectivity index (χ4n) is 16.0. The number of nitrogens with zero attached hydrogens (tertiary/aromatic N) is 3. The number of benzene rings is 9. The van der Waals surface area contributed by atoms with Gasteiger partial charge in [0.05, 0.1) is 11.4 Å². The highest BCUT2D eigenvalue weighted by molar-refractivity contribution is 7.00. The first-order valence-electron chi connectivity index (χ1n) is 31.2. The Morgan fingerprint density at radius 2 is 0.882 bits per heavy atom. The van der Waals surface area contributed by atoms with Gasteiger partial charge in [-0.15, -0.1) is 0 Å². The van der Waals surface area contributed by atoms with Crippen LogP contribution in [0.4, 0.5) is 51.2 Å². The summed E-state index contributed by atoms with van der Waals surface area (Å²) >= 11 is 0. The summed E-state index contributed by atoms with van der Waals surface area (Å²) in [6, 6.07) is 66.2. The van der Waals surface area contributed by atoms with Gasteiger partial charge in [0, 0.05) is 61.4 Å². The molecule has 9 aromatic carbocycles. The van der Waals surface area contributed by atoms with Gasteiger partial charge in [-0.1, -0.05) is 221 Å². The molecule has 85 heavy (non-hydrogen) atoms. The smallest absolute Gasteiger partial charge is 0.252 e. The average Bonchev–Trinajstić information content (AvgIpc) is 1.44. The maximum atomic E-state index is 7.14. The standard InChI is InChI=1S/C80H84BN3O/c1-48-40-61-62(80(17,18)58-27-21-20-26-57(58)79(61,15)16)46-67(48)84-68-45-60-59(77(11,12)47-78(60,13)14)44-64(68)81-63-41-51(76(8,9)10)34-39-65(63)83(66-28-23-25-56-55-24-19-22-29-71(55)85-73(56)66)69-42-54(43-70(84)72(69)81)82(52-35-30-49(31-36-52)74(2,3)4)53-37-32-50(33-38-53)75(5,6)7/h19-46H,47H2,1-18H3. The number of para-hydroxylation sites is 2. The number of hydrogen-bond donors (Lipinski definition) is 0. The summed E-state index contributed by atoms with van der Waals surface area (Å²) in [4.78, 5) is 7.84. The number of furan rings is 1. The minimum Gasteiger partial charge on any atom is -0.454 e. The topological polar surface area (TPSA) is 22.9 Å². The first-order valence-corrected chi connectivity index (χ1v) is 31.2. The van der Waals surface area contributed by atoms with Crippen molar-refractivity contribution in [2.75, 3.05) is 14.7 Å². The molecule has 0 fully saturated rings. The van der Waals surface area contributed by atoms with E-state index in [-0.39, 0.29) is 44.6 Å². The maximum absolute atomic E-state index is 7.14. The van der Waals surface area contributed by atoms with E-state index in [9.17, 15) is 0 Å². The fraction of sp³-hybridized carbons (Fsp3) is 0.325. The van der Waals surface area contributed by atoms with Gasteiger partial charge >= 0.3 is 0 Å². The molecule has 0 saturated carbocycles. The van der Waals surface area contributed by atoms with Crippen molar-refractivity contribution in [3.8, 4) is 0 Å². The monoisotopic (exact) mass is 1110 g/mol. The zero-order valence-corrected chi connectivity index (χ0v) is 53.7. The Balaban J connectivity index is 1.15. The molecule has 0 radical (unpaired) electrons. The SMILES string of the molecule is Cc1cc2c(cc1N1c3cc4c(cc3B3c5cc(C(C)(C)C)ccc5N(c5cccc6c5oc5ccccc56)c5cc(N(c6ccc(C(C)(C)C)cc6)c6ccc(C(C)(C)C)cc6)cc1c53)C(C)(C)CC4(C)C)C(C)(C)c1ccccc1C2(C)C. The van der Waals surface area contributed by atoms with Gasteiger partial charge in [-0.3, -0.25) is 0 Å². The number of hydrogen-bond acceptors (Lipinski definition) is 4. The van der Waals surface area contributed by atoms with Crippen LogP contribution in [-0.4, -0.2) is 6.71 Å². The van der Waals surface area contributed by atoms with Crippen molar-refractivity contribution >= 4 is 96.2 Å². The van der Waals surface area contributed by atoms with Gasteiger partial charge in [0.2, 0.25) is 0 Å². The largest absolute Gasteiger partial charge is 0.454 e. The summed E-state index contributed by atoms with van der Waals surface area (Å²) in [5.41, 5.74) is 29.0. The second kappa shape index (κ2) is 18.1. The van der Waals surface area contributed by atoms with Crippen LogP contribution < -0.4 is 31.1 Å². The third kappa shape index (κ3) is 8.28. The van der Waals surface area contributed by atoms with Gasteiger partial charge in [0.15, 0.2) is 5.58 Å². The molecular formula is C80H84BN3O. The van der Waals surface area contributed by atoms with Gasteiger partial charge < -0.3 is 19.1 Å². The van der Waals surface area contributed by atoms with E-state index in [1.165, 1.54) is 94.8 Å². The third-order valence-corrected chi connectivity index (χ3v) is 20.5. The summed E-state index contributed by atoms with van der Waals surface area (Å²) in [7, 11) is 0. The van der Waals surface area contributed by atoms with Crippen molar-refractivity contribution in [2.24, 2.45) is 0 Å². The number of fused-ring (bicyclic) bond motifs is 10. The molecular weight excluding hydrogens is 1030 g/mol. The Kier molecular flexibility index (Phi) is 11.8. The third-order valence-electron chi connectivity index (χ3n) is 20.5. The van der Waals surface area contributed by atoms with Crippen LogP contribution in [0.25, 0.3) is 21.9 Å². The van der Waals surface area contributed by atoms with Gasteiger partial charge in [0.1, 0.15) is 5.58 Å². The molecule has 0 bridgehead atoms. The van der Waals surface area contributed by atoms with Crippen molar-refractivity contribution in [2.45, 2.75) is 169 Å². The van der Waals surface area contributed by atoms with Crippen LogP contribution in [0.2, 0.25) is 0 Å². The normalized spacial score (nSPS) is 16.8. The van der Waals surface area contributed by atoms with E-state index in [1.54, 1.807) is 0 Å². The van der Waals surface area contributed by atoms with Crippen LogP contribution in [0.3, 0.4) is 0 Å². The van der Waals surface area contributed by atoms with Gasteiger partial charge in [-0.05, 0) is 179 Å². The number of rotatable bonds is 5. The van der Waals surface area contributed by atoms with Crippen LogP contribution in [0.15, 0.2) is 174 Å². The minimum absolute atomic E-state index is 0.0163. The zero-order chi connectivity index (χ0) is 60.0. The summed E-state index contributed by atoms with van der Waals surface area (Å²) < 4.78 is 7.14. The van der Waals surface area contributed by atoms with E-state index in [2.05, 4.69) is 309 Å². The lowest BCUT2D eigenvalue weighted by atomic mass is 9.33. The lowest BCUT2D eigenvalue weighted by Gasteiger charge is -2.47. The van der Waals surface area contributed by atoms with Crippen molar-refractivity contribution < 1.29 is 4.42 Å². The predicted molar refractivity (Wildman–Crippen MR) is 365 cm³/mol. The number of anilines is 9. The summed E-state index contributed by atoms with van der Waals surface area (Å²) in [5, 5.41) is 2.23.